The minimum absolute atomic E-state index is 0. The average Bonchev–Trinajstić information content (AvgIpc) is 2.08. The van der Waals surface area contributed by atoms with Crippen molar-refractivity contribution in [3.8, 4) is 0 Å². The highest BCUT2D eigenvalue weighted by atomic mass is 32.2. The van der Waals surface area contributed by atoms with E-state index in [0.29, 0.717) is 0 Å². The van der Waals surface area contributed by atoms with E-state index in [-0.39, 0.29) is 5.54 Å². The topological polar surface area (TPSA) is 109 Å². The summed E-state index contributed by atoms with van der Waals surface area (Å²) in [6.07, 6.45) is 0.945. The van der Waals surface area contributed by atoms with Crippen LogP contribution in [0.4, 0.5) is 0 Å². The Morgan fingerprint density at radius 2 is 1.72 bits per heavy atom. The van der Waals surface area contributed by atoms with Gasteiger partial charge in [0.1, 0.15) is 0 Å². The first-order chi connectivity index (χ1) is 7.79. The van der Waals surface area contributed by atoms with Crippen LogP contribution in [0.1, 0.15) is 34.6 Å². The van der Waals surface area contributed by atoms with E-state index in [9.17, 15) is 13.2 Å². The van der Waals surface area contributed by atoms with Gasteiger partial charge in [0.15, 0.2) is 5.37 Å². The van der Waals surface area contributed by atoms with Crippen LogP contribution in [0.2, 0.25) is 0 Å². The zero-order chi connectivity index (χ0) is 15.1. The monoisotopic (exact) mass is 280 g/mol. The van der Waals surface area contributed by atoms with Crippen LogP contribution in [0.15, 0.2) is 12.7 Å². The highest BCUT2D eigenvalue weighted by molar-refractivity contribution is 7.86. The lowest BCUT2D eigenvalue weighted by Gasteiger charge is -2.17. The normalized spacial score (nSPS) is 13.3. The third-order valence-electron chi connectivity index (χ3n) is 1.40. The molecule has 0 bridgehead atoms. The van der Waals surface area contributed by atoms with Gasteiger partial charge in [-0.2, -0.15) is 8.42 Å². The smallest absolute Gasteiger partial charge is 0.286 e. The van der Waals surface area contributed by atoms with Gasteiger partial charge in [-0.25, -0.2) is 0 Å². The number of hydrogen-bond acceptors (Lipinski definition) is 4. The Morgan fingerprint density at radius 3 is 1.89 bits per heavy atom. The summed E-state index contributed by atoms with van der Waals surface area (Å²) >= 11 is 0. The van der Waals surface area contributed by atoms with Crippen molar-refractivity contribution in [2.24, 2.45) is 11.7 Å². The van der Waals surface area contributed by atoms with Gasteiger partial charge in [-0.05, 0) is 32.8 Å². The van der Waals surface area contributed by atoms with Crippen LogP contribution in [-0.4, -0.2) is 29.8 Å². The van der Waals surface area contributed by atoms with Crippen LogP contribution >= 0.6 is 0 Å². The van der Waals surface area contributed by atoms with Gasteiger partial charge in [0, 0.05) is 5.54 Å². The number of nitrogens with one attached hydrogen (secondary N) is 1. The van der Waals surface area contributed by atoms with E-state index in [2.05, 4.69) is 11.9 Å². The summed E-state index contributed by atoms with van der Waals surface area (Å²) in [6.45, 7) is 12.2. The molecule has 0 aliphatic rings. The number of carbonyl (C=O) groups is 1. The van der Waals surface area contributed by atoms with Gasteiger partial charge in [-0.15, -0.1) is 0 Å². The molecule has 1 atom stereocenters. The molecule has 0 spiro atoms. The number of amides is 1. The first kappa shape index (κ1) is 19.4. The van der Waals surface area contributed by atoms with E-state index in [4.69, 9.17) is 10.3 Å². The molecular weight excluding hydrogens is 256 g/mol. The maximum atomic E-state index is 10.8. The minimum Gasteiger partial charge on any atom is -0.334 e. The Kier molecular flexibility index (Phi) is 8.09. The molecule has 0 saturated carbocycles. The minimum atomic E-state index is -4.25. The lowest BCUT2D eigenvalue weighted by atomic mass is 10.1. The summed E-state index contributed by atoms with van der Waals surface area (Å²) in [5, 5.41) is 0.831. The second kappa shape index (κ2) is 7.50. The fraction of sp³-hybridized carbons (Fsp3) is 0.727. The lowest BCUT2D eigenvalue weighted by molar-refractivity contribution is -0.116. The predicted molar refractivity (Wildman–Crippen MR) is 72.5 cm³/mol. The fourth-order valence-corrected chi connectivity index (χ4v) is 1.74. The Morgan fingerprint density at radius 1 is 1.39 bits per heavy atom. The zero-order valence-corrected chi connectivity index (χ0v) is 12.4. The van der Waals surface area contributed by atoms with Gasteiger partial charge in [0.25, 0.3) is 10.1 Å². The molecule has 0 heterocycles. The van der Waals surface area contributed by atoms with E-state index >= 15 is 0 Å². The Bertz CT molecular complexity index is 363. The molecule has 0 rings (SSSR count). The van der Waals surface area contributed by atoms with E-state index in [1.807, 2.05) is 20.8 Å². The molecule has 0 aromatic carbocycles. The van der Waals surface area contributed by atoms with Gasteiger partial charge in [-0.1, -0.05) is 20.4 Å². The summed E-state index contributed by atoms with van der Waals surface area (Å²) in [5.74, 6) is -1.03. The largest absolute Gasteiger partial charge is 0.334 e. The van der Waals surface area contributed by atoms with Crippen molar-refractivity contribution in [3.05, 3.63) is 12.7 Å². The second-order valence-corrected chi connectivity index (χ2v) is 6.80. The fourth-order valence-electron chi connectivity index (χ4n) is 0.784. The molecule has 108 valence electrons. The molecule has 0 aromatic rings. The molecule has 7 heteroatoms. The second-order valence-electron chi connectivity index (χ2n) is 5.26. The molecular formula is C11H24N2O4S. The van der Waals surface area contributed by atoms with Crippen LogP contribution in [0, 0.1) is 5.92 Å². The van der Waals surface area contributed by atoms with Crippen molar-refractivity contribution in [1.29, 1.82) is 0 Å². The SMILES string of the molecule is C=CC(=O)NC(C(C)C)S(=O)(=O)O.CC(C)(C)N. The molecule has 0 fully saturated rings. The average molecular weight is 280 g/mol. The molecule has 0 radical (unpaired) electrons. The van der Waals surface area contributed by atoms with E-state index in [1.165, 1.54) is 0 Å². The Labute approximate surface area is 109 Å². The number of nitrogens with two attached hydrogens (primary N) is 1. The number of hydrogen-bond donors (Lipinski definition) is 3. The predicted octanol–water partition coefficient (Wildman–Crippen LogP) is 0.902. The van der Waals surface area contributed by atoms with Crippen LogP contribution in [-0.2, 0) is 14.9 Å². The molecule has 1 unspecified atom stereocenters. The lowest BCUT2D eigenvalue weighted by Crippen LogP contribution is -2.43. The van der Waals surface area contributed by atoms with E-state index in [0.717, 1.165) is 6.08 Å². The quantitative estimate of drug-likeness (QED) is 0.523. The van der Waals surface area contributed by atoms with E-state index < -0.39 is 27.3 Å². The summed E-state index contributed by atoms with van der Waals surface area (Å²) in [7, 11) is -4.25. The molecule has 18 heavy (non-hydrogen) atoms. The third kappa shape index (κ3) is 13.1. The van der Waals surface area contributed by atoms with Gasteiger partial charge in [0.2, 0.25) is 5.91 Å². The number of carbonyl (C=O) groups excluding carboxylic acids is 1. The van der Waals surface area contributed by atoms with Crippen molar-refractivity contribution in [1.82, 2.24) is 5.32 Å². The maximum absolute atomic E-state index is 10.8. The molecule has 0 aliphatic heterocycles. The first-order valence-electron chi connectivity index (χ1n) is 5.47. The van der Waals surface area contributed by atoms with Gasteiger partial charge in [-0.3, -0.25) is 9.35 Å². The zero-order valence-electron chi connectivity index (χ0n) is 11.6. The molecule has 4 N–H and O–H groups in total. The molecule has 6 nitrogen and oxygen atoms in total. The van der Waals surface area contributed by atoms with Crippen molar-refractivity contribution in [3.63, 3.8) is 0 Å². The van der Waals surface area contributed by atoms with Crippen LogP contribution in [0.3, 0.4) is 0 Å². The summed E-state index contributed by atoms with van der Waals surface area (Å²) < 4.78 is 30.2. The Balaban J connectivity index is 0. The van der Waals surface area contributed by atoms with Gasteiger partial charge < -0.3 is 11.1 Å². The summed E-state index contributed by atoms with van der Waals surface area (Å²) in [6, 6.07) is 0. The molecule has 1 amide bonds. The highest BCUT2D eigenvalue weighted by Gasteiger charge is 2.27. The molecule has 0 saturated heterocycles. The van der Waals surface area contributed by atoms with Crippen molar-refractivity contribution >= 4 is 16.0 Å². The van der Waals surface area contributed by atoms with Crippen LogP contribution < -0.4 is 11.1 Å². The summed E-state index contributed by atoms with van der Waals surface area (Å²) in [5.41, 5.74) is 5.35. The van der Waals surface area contributed by atoms with E-state index in [1.54, 1.807) is 13.8 Å². The Hall–Kier alpha value is -0.920. The molecule has 0 aliphatic carbocycles. The van der Waals surface area contributed by atoms with Crippen molar-refractivity contribution < 1.29 is 17.8 Å². The van der Waals surface area contributed by atoms with Gasteiger partial charge in [0.05, 0.1) is 0 Å². The van der Waals surface area contributed by atoms with Gasteiger partial charge >= 0.3 is 0 Å². The van der Waals surface area contributed by atoms with Crippen LogP contribution in [0.5, 0.6) is 0 Å². The highest BCUT2D eigenvalue weighted by Crippen LogP contribution is 2.07. The summed E-state index contributed by atoms with van der Waals surface area (Å²) in [4.78, 5) is 10.8. The third-order valence-corrected chi connectivity index (χ3v) is 2.70. The number of rotatable bonds is 4. The van der Waals surface area contributed by atoms with Crippen molar-refractivity contribution in [2.45, 2.75) is 45.5 Å². The van der Waals surface area contributed by atoms with Crippen molar-refractivity contribution in [2.75, 3.05) is 0 Å². The first-order valence-corrected chi connectivity index (χ1v) is 6.97. The standard InChI is InChI=1S/C7H13NO4S.C4H11N/c1-4-6(9)8-7(5(2)3)13(10,11)12;1-4(2,3)5/h4-5,7H,1H2,2-3H3,(H,8,9)(H,10,11,12);5H2,1-3H3. The molecule has 0 aromatic heterocycles. The maximum Gasteiger partial charge on any atom is 0.286 e. The van der Waals surface area contributed by atoms with Crippen LogP contribution in [0.25, 0.3) is 0 Å².